The number of aromatic nitrogens is 1. The van der Waals surface area contributed by atoms with Gasteiger partial charge in [-0.3, -0.25) is 0 Å². The molecular formula is C12H17N3. The van der Waals surface area contributed by atoms with Gasteiger partial charge in [0.05, 0.1) is 0 Å². The Morgan fingerprint density at radius 3 is 3.13 bits per heavy atom. The summed E-state index contributed by atoms with van der Waals surface area (Å²) < 4.78 is 2.03. The van der Waals surface area contributed by atoms with Gasteiger partial charge in [-0.1, -0.05) is 6.92 Å². The molecule has 1 aliphatic rings. The van der Waals surface area contributed by atoms with E-state index in [1.54, 1.807) is 0 Å². The van der Waals surface area contributed by atoms with Crippen molar-refractivity contribution in [3.05, 3.63) is 24.0 Å². The van der Waals surface area contributed by atoms with Crippen molar-refractivity contribution in [1.82, 2.24) is 9.88 Å². The largest absolute Gasteiger partial charge is 0.339 e. The first-order chi connectivity index (χ1) is 7.29. The summed E-state index contributed by atoms with van der Waals surface area (Å²) in [6, 6.07) is 6.76. The highest BCUT2D eigenvalue weighted by Gasteiger charge is 2.20. The van der Waals surface area contributed by atoms with Crippen LogP contribution < -0.4 is 5.32 Å². The lowest BCUT2D eigenvalue weighted by molar-refractivity contribution is 0.443. The molecule has 1 heterocycles. The van der Waals surface area contributed by atoms with Crippen LogP contribution in [0.4, 0.5) is 0 Å². The molecule has 15 heavy (non-hydrogen) atoms. The summed E-state index contributed by atoms with van der Waals surface area (Å²) in [5.74, 6) is 0.574. The van der Waals surface area contributed by atoms with Gasteiger partial charge in [0, 0.05) is 18.8 Å². The standard InChI is InChI=1S/C12H17N3/c1-10(8-14-11-4-5-11)9-15-6-2-3-12(15)7-13/h2-3,6,10-11,14H,4-5,8-9H2,1H3. The fraction of sp³-hybridized carbons (Fsp3) is 0.583. The van der Waals surface area contributed by atoms with Crippen molar-refractivity contribution in [3.63, 3.8) is 0 Å². The molecule has 0 saturated heterocycles. The third-order valence-electron chi connectivity index (χ3n) is 2.78. The molecule has 1 atom stereocenters. The molecule has 0 bridgehead atoms. The number of nitriles is 1. The summed E-state index contributed by atoms with van der Waals surface area (Å²) in [6.45, 7) is 4.19. The molecule has 80 valence electrons. The van der Waals surface area contributed by atoms with E-state index in [2.05, 4.69) is 18.3 Å². The van der Waals surface area contributed by atoms with Gasteiger partial charge >= 0.3 is 0 Å². The molecule has 1 fully saturated rings. The Morgan fingerprint density at radius 1 is 1.67 bits per heavy atom. The molecule has 1 aliphatic carbocycles. The van der Waals surface area contributed by atoms with Crippen LogP contribution >= 0.6 is 0 Å². The van der Waals surface area contributed by atoms with Crippen molar-refractivity contribution in [2.45, 2.75) is 32.4 Å². The summed E-state index contributed by atoms with van der Waals surface area (Å²) in [5.41, 5.74) is 0.758. The molecule has 3 heteroatoms. The minimum absolute atomic E-state index is 0.574. The van der Waals surface area contributed by atoms with Crippen LogP contribution in [0.25, 0.3) is 0 Å². The zero-order valence-electron chi connectivity index (χ0n) is 9.11. The Labute approximate surface area is 90.7 Å². The number of nitrogens with zero attached hydrogens (tertiary/aromatic N) is 2. The molecule has 1 saturated carbocycles. The zero-order chi connectivity index (χ0) is 10.7. The van der Waals surface area contributed by atoms with Crippen LogP contribution in [-0.4, -0.2) is 17.2 Å². The second kappa shape index (κ2) is 4.50. The van der Waals surface area contributed by atoms with E-state index in [9.17, 15) is 0 Å². The van der Waals surface area contributed by atoms with E-state index in [0.29, 0.717) is 5.92 Å². The summed E-state index contributed by atoms with van der Waals surface area (Å²) in [7, 11) is 0. The van der Waals surface area contributed by atoms with Gasteiger partial charge in [-0.25, -0.2) is 0 Å². The summed E-state index contributed by atoms with van der Waals surface area (Å²) in [6.07, 6.45) is 4.64. The topological polar surface area (TPSA) is 40.8 Å². The molecule has 1 N–H and O–H groups in total. The van der Waals surface area contributed by atoms with E-state index in [0.717, 1.165) is 24.8 Å². The Balaban J connectivity index is 1.82. The molecule has 2 rings (SSSR count). The van der Waals surface area contributed by atoms with Crippen LogP contribution in [0.2, 0.25) is 0 Å². The molecule has 0 spiro atoms. The predicted molar refractivity (Wildman–Crippen MR) is 59.3 cm³/mol. The Bertz CT molecular complexity index is 357. The lowest BCUT2D eigenvalue weighted by Gasteiger charge is -2.13. The smallest absolute Gasteiger partial charge is 0.120 e. The van der Waals surface area contributed by atoms with E-state index >= 15 is 0 Å². The number of hydrogen-bond donors (Lipinski definition) is 1. The first-order valence-electron chi connectivity index (χ1n) is 5.58. The third-order valence-corrected chi connectivity index (χ3v) is 2.78. The molecule has 0 radical (unpaired) electrons. The van der Waals surface area contributed by atoms with E-state index in [4.69, 9.17) is 5.26 Å². The second-order valence-corrected chi connectivity index (χ2v) is 4.45. The van der Waals surface area contributed by atoms with E-state index < -0.39 is 0 Å². The summed E-state index contributed by atoms with van der Waals surface area (Å²) in [5, 5.41) is 12.4. The van der Waals surface area contributed by atoms with Crippen molar-refractivity contribution in [2.24, 2.45) is 5.92 Å². The van der Waals surface area contributed by atoms with Crippen LogP contribution in [0, 0.1) is 17.2 Å². The third kappa shape index (κ3) is 2.84. The van der Waals surface area contributed by atoms with Gasteiger partial charge in [0.2, 0.25) is 0 Å². The highest BCUT2D eigenvalue weighted by molar-refractivity contribution is 5.21. The molecule has 1 aromatic rings. The highest BCUT2D eigenvalue weighted by atomic mass is 15.0. The Kier molecular flexibility index (Phi) is 3.08. The van der Waals surface area contributed by atoms with E-state index in [-0.39, 0.29) is 0 Å². The van der Waals surface area contributed by atoms with E-state index in [1.807, 2.05) is 22.9 Å². The van der Waals surface area contributed by atoms with Gasteiger partial charge < -0.3 is 9.88 Å². The van der Waals surface area contributed by atoms with Crippen molar-refractivity contribution in [2.75, 3.05) is 6.54 Å². The van der Waals surface area contributed by atoms with Crippen LogP contribution in [0.5, 0.6) is 0 Å². The first kappa shape index (κ1) is 10.3. The number of hydrogen-bond acceptors (Lipinski definition) is 2. The lowest BCUT2D eigenvalue weighted by atomic mass is 10.2. The monoisotopic (exact) mass is 203 g/mol. The molecule has 0 aliphatic heterocycles. The van der Waals surface area contributed by atoms with Gasteiger partial charge in [0.15, 0.2) is 0 Å². The molecule has 0 aromatic carbocycles. The van der Waals surface area contributed by atoms with Crippen molar-refractivity contribution in [3.8, 4) is 6.07 Å². The normalized spacial score (nSPS) is 17.3. The van der Waals surface area contributed by atoms with Gasteiger partial charge in [0.1, 0.15) is 11.8 Å². The minimum atomic E-state index is 0.574. The van der Waals surface area contributed by atoms with E-state index in [1.165, 1.54) is 12.8 Å². The Morgan fingerprint density at radius 2 is 2.47 bits per heavy atom. The quantitative estimate of drug-likeness (QED) is 0.792. The first-order valence-corrected chi connectivity index (χ1v) is 5.58. The molecule has 1 aromatic heterocycles. The predicted octanol–water partition coefficient (Wildman–Crippen LogP) is 1.75. The maximum Gasteiger partial charge on any atom is 0.120 e. The molecule has 3 nitrogen and oxygen atoms in total. The van der Waals surface area contributed by atoms with Crippen molar-refractivity contribution < 1.29 is 0 Å². The van der Waals surface area contributed by atoms with Gasteiger partial charge in [-0.05, 0) is 37.4 Å². The van der Waals surface area contributed by atoms with Crippen molar-refractivity contribution in [1.29, 1.82) is 5.26 Å². The maximum atomic E-state index is 8.86. The van der Waals surface area contributed by atoms with Crippen LogP contribution in [-0.2, 0) is 6.54 Å². The average molecular weight is 203 g/mol. The zero-order valence-corrected chi connectivity index (χ0v) is 9.11. The molecular weight excluding hydrogens is 186 g/mol. The average Bonchev–Trinajstić information content (AvgIpc) is 2.96. The Hall–Kier alpha value is -1.27. The van der Waals surface area contributed by atoms with Crippen molar-refractivity contribution >= 4 is 0 Å². The van der Waals surface area contributed by atoms with Crippen LogP contribution in [0.3, 0.4) is 0 Å². The van der Waals surface area contributed by atoms with Gasteiger partial charge in [0.25, 0.3) is 0 Å². The second-order valence-electron chi connectivity index (χ2n) is 4.45. The molecule has 1 unspecified atom stereocenters. The van der Waals surface area contributed by atoms with Crippen LogP contribution in [0.1, 0.15) is 25.5 Å². The SMILES string of the molecule is CC(CNC1CC1)Cn1cccc1C#N. The highest BCUT2D eigenvalue weighted by Crippen LogP contribution is 2.19. The van der Waals surface area contributed by atoms with Crippen LogP contribution in [0.15, 0.2) is 18.3 Å². The molecule has 0 amide bonds. The fourth-order valence-electron chi connectivity index (χ4n) is 1.73. The maximum absolute atomic E-state index is 8.86. The summed E-state index contributed by atoms with van der Waals surface area (Å²) in [4.78, 5) is 0. The minimum Gasteiger partial charge on any atom is -0.339 e. The van der Waals surface area contributed by atoms with Gasteiger partial charge in [-0.2, -0.15) is 5.26 Å². The lowest BCUT2D eigenvalue weighted by Crippen LogP contribution is -2.25. The summed E-state index contributed by atoms with van der Waals surface area (Å²) >= 11 is 0. The number of nitrogens with one attached hydrogen (secondary N) is 1. The number of rotatable bonds is 5. The van der Waals surface area contributed by atoms with Gasteiger partial charge in [-0.15, -0.1) is 0 Å². The fourth-order valence-corrected chi connectivity index (χ4v) is 1.73.